The minimum atomic E-state index is -0.577. The molecule has 42 heavy (non-hydrogen) atoms. The van der Waals surface area contributed by atoms with Crippen LogP contribution >= 0.6 is 23.2 Å². The molecule has 0 atom stereocenters. The highest BCUT2D eigenvalue weighted by Gasteiger charge is 2.26. The summed E-state index contributed by atoms with van der Waals surface area (Å²) in [5.74, 6) is 0.445. The molecule has 2 aromatic carbocycles. The number of hydrogen-bond donors (Lipinski definition) is 2. The van der Waals surface area contributed by atoms with Gasteiger partial charge in [-0.3, -0.25) is 9.69 Å². The molecular formula is C26H27Cl2N9O5. The predicted octanol–water partition coefficient (Wildman–Crippen LogP) is 3.11. The number of carbonyl (C=O) groups is 1. The van der Waals surface area contributed by atoms with E-state index in [1.807, 2.05) is 6.92 Å². The molecule has 1 aliphatic rings. The van der Waals surface area contributed by atoms with Crippen molar-refractivity contribution in [3.05, 3.63) is 69.0 Å². The number of aromatic nitrogens is 5. The van der Waals surface area contributed by atoms with Gasteiger partial charge in [0.15, 0.2) is 17.2 Å². The van der Waals surface area contributed by atoms with Crippen molar-refractivity contribution in [3.63, 3.8) is 0 Å². The molecule has 5 rings (SSSR count). The lowest BCUT2D eigenvalue weighted by atomic mass is 10.2. The largest absolute Gasteiger partial charge is 0.490 e. The summed E-state index contributed by atoms with van der Waals surface area (Å²) in [4.78, 5) is 15.4. The third-order valence-electron chi connectivity index (χ3n) is 6.17. The Hall–Kier alpha value is -4.24. The zero-order chi connectivity index (χ0) is 29.5. The molecule has 0 unspecified atom stereocenters. The topological polar surface area (TPSA) is 168 Å². The van der Waals surface area contributed by atoms with Gasteiger partial charge in [-0.1, -0.05) is 34.5 Å². The van der Waals surface area contributed by atoms with Gasteiger partial charge >= 0.3 is 0 Å². The summed E-state index contributed by atoms with van der Waals surface area (Å²) in [6.07, 6.45) is 1.47. The molecule has 0 spiro atoms. The van der Waals surface area contributed by atoms with Crippen LogP contribution in [-0.2, 0) is 17.9 Å². The Balaban J connectivity index is 1.31. The average Bonchev–Trinajstić information content (AvgIpc) is 3.59. The first-order valence-electron chi connectivity index (χ1n) is 12.9. The van der Waals surface area contributed by atoms with Gasteiger partial charge in [0.1, 0.15) is 12.3 Å². The number of ether oxygens (including phenoxy) is 3. The van der Waals surface area contributed by atoms with E-state index >= 15 is 0 Å². The van der Waals surface area contributed by atoms with Gasteiger partial charge in [0.2, 0.25) is 11.6 Å². The van der Waals surface area contributed by atoms with Crippen molar-refractivity contribution in [1.29, 1.82) is 0 Å². The van der Waals surface area contributed by atoms with E-state index in [1.54, 1.807) is 36.4 Å². The molecule has 0 aliphatic carbocycles. The van der Waals surface area contributed by atoms with Crippen molar-refractivity contribution in [2.24, 2.45) is 5.10 Å². The van der Waals surface area contributed by atoms with Gasteiger partial charge in [0, 0.05) is 35.2 Å². The molecule has 14 nitrogen and oxygen atoms in total. The molecular weight excluding hydrogens is 589 g/mol. The van der Waals surface area contributed by atoms with Crippen LogP contribution in [0.1, 0.15) is 34.2 Å². The Bertz CT molecular complexity index is 1570. The number of hydrazone groups is 1. The van der Waals surface area contributed by atoms with Crippen LogP contribution in [0.15, 0.2) is 46.1 Å². The van der Waals surface area contributed by atoms with Crippen LogP contribution in [0.3, 0.4) is 0 Å². The number of morpholine rings is 1. The maximum Gasteiger partial charge on any atom is 0.292 e. The van der Waals surface area contributed by atoms with Gasteiger partial charge in [0.05, 0.1) is 26.0 Å². The van der Waals surface area contributed by atoms with E-state index in [0.29, 0.717) is 72.3 Å². The van der Waals surface area contributed by atoms with Gasteiger partial charge < -0.3 is 19.9 Å². The lowest BCUT2D eigenvalue weighted by Crippen LogP contribution is -2.36. The second-order valence-electron chi connectivity index (χ2n) is 9.02. The second kappa shape index (κ2) is 13.6. The number of amides is 1. The number of hydrogen-bond acceptors (Lipinski definition) is 12. The van der Waals surface area contributed by atoms with Crippen molar-refractivity contribution < 1.29 is 23.6 Å². The molecule has 1 aliphatic heterocycles. The minimum absolute atomic E-state index is 0.0422. The summed E-state index contributed by atoms with van der Waals surface area (Å²) in [6, 6.07) is 10.5. The molecule has 16 heteroatoms. The van der Waals surface area contributed by atoms with Crippen molar-refractivity contribution in [2.75, 3.05) is 38.6 Å². The molecule has 0 saturated carbocycles. The Morgan fingerprint density at radius 1 is 1.14 bits per heavy atom. The molecule has 1 fully saturated rings. The number of nitrogens with zero attached hydrogens (tertiary/aromatic N) is 7. The number of halogens is 2. The van der Waals surface area contributed by atoms with Crippen LogP contribution in [0, 0.1) is 0 Å². The number of rotatable bonds is 11. The highest BCUT2D eigenvalue weighted by molar-refractivity contribution is 6.35. The number of anilines is 1. The summed E-state index contributed by atoms with van der Waals surface area (Å²) in [7, 11) is 0. The lowest BCUT2D eigenvalue weighted by molar-refractivity contribution is 0.0335. The van der Waals surface area contributed by atoms with E-state index in [-0.39, 0.29) is 23.9 Å². The van der Waals surface area contributed by atoms with E-state index in [2.05, 4.69) is 36.1 Å². The number of benzene rings is 2. The smallest absolute Gasteiger partial charge is 0.292 e. The maximum atomic E-state index is 13.3. The summed E-state index contributed by atoms with van der Waals surface area (Å²) in [5, 5.41) is 20.8. The summed E-state index contributed by atoms with van der Waals surface area (Å²) in [5.41, 5.74) is 10.3. The summed E-state index contributed by atoms with van der Waals surface area (Å²) >= 11 is 12.2. The monoisotopic (exact) mass is 615 g/mol. The summed E-state index contributed by atoms with van der Waals surface area (Å²) in [6.45, 7) is 5.41. The maximum absolute atomic E-state index is 13.3. The van der Waals surface area contributed by atoms with Crippen molar-refractivity contribution >= 4 is 41.1 Å². The van der Waals surface area contributed by atoms with Crippen molar-refractivity contribution in [2.45, 2.75) is 20.1 Å². The van der Waals surface area contributed by atoms with Crippen LogP contribution in [0.4, 0.5) is 5.82 Å². The van der Waals surface area contributed by atoms with E-state index in [0.717, 1.165) is 5.56 Å². The number of nitrogens with two attached hydrogens (primary N) is 1. The SMILES string of the molecule is CCOc1cc(/C=N\NC(=O)c2c(CN3CCOCC3)nnn2-c2nonc2N)ccc1OCc1ccc(Cl)cc1Cl. The number of nitrogen functional groups attached to an aromatic ring is 1. The highest BCUT2D eigenvalue weighted by atomic mass is 35.5. The highest BCUT2D eigenvalue weighted by Crippen LogP contribution is 2.30. The molecule has 4 aromatic rings. The van der Waals surface area contributed by atoms with Gasteiger partial charge in [-0.2, -0.15) is 9.78 Å². The van der Waals surface area contributed by atoms with Crippen molar-refractivity contribution in [3.8, 4) is 17.3 Å². The zero-order valence-electron chi connectivity index (χ0n) is 22.5. The Morgan fingerprint density at radius 2 is 1.98 bits per heavy atom. The molecule has 0 radical (unpaired) electrons. The van der Waals surface area contributed by atoms with Crippen molar-refractivity contribution in [1.82, 2.24) is 35.6 Å². The van der Waals surface area contributed by atoms with Gasteiger partial charge in [-0.15, -0.1) is 5.10 Å². The molecule has 3 N–H and O–H groups in total. The average molecular weight is 616 g/mol. The van der Waals surface area contributed by atoms with Gasteiger partial charge in [-0.05, 0) is 53.1 Å². The van der Waals surface area contributed by atoms with Gasteiger partial charge in [0.25, 0.3) is 5.91 Å². The van der Waals surface area contributed by atoms with Crippen LogP contribution in [0.25, 0.3) is 5.82 Å². The fraction of sp³-hybridized carbons (Fsp3) is 0.308. The van der Waals surface area contributed by atoms with Gasteiger partial charge in [-0.25, -0.2) is 10.1 Å². The molecule has 1 amide bonds. The normalized spacial score (nSPS) is 13.9. The van der Waals surface area contributed by atoms with Crippen LogP contribution in [0.2, 0.25) is 10.0 Å². The molecule has 220 valence electrons. The fourth-order valence-corrected chi connectivity index (χ4v) is 4.57. The lowest BCUT2D eigenvalue weighted by Gasteiger charge is -2.25. The third-order valence-corrected chi connectivity index (χ3v) is 6.76. The molecule has 2 aromatic heterocycles. The Morgan fingerprint density at radius 3 is 2.71 bits per heavy atom. The molecule has 0 bridgehead atoms. The third kappa shape index (κ3) is 6.97. The van der Waals surface area contributed by atoms with Crippen LogP contribution in [-0.4, -0.2) is 75.2 Å². The molecule has 1 saturated heterocycles. The minimum Gasteiger partial charge on any atom is -0.490 e. The Kier molecular flexibility index (Phi) is 9.48. The zero-order valence-corrected chi connectivity index (χ0v) is 24.0. The van der Waals surface area contributed by atoms with E-state index in [4.69, 9.17) is 47.8 Å². The second-order valence-corrected chi connectivity index (χ2v) is 9.86. The van der Waals surface area contributed by atoms with E-state index in [1.165, 1.54) is 10.9 Å². The first-order valence-corrected chi connectivity index (χ1v) is 13.7. The predicted molar refractivity (Wildman–Crippen MR) is 153 cm³/mol. The fourth-order valence-electron chi connectivity index (χ4n) is 4.11. The standard InChI is InChI=1S/C26H27Cl2N9O5/c1-2-40-22-11-16(3-6-21(22)41-15-17-4-5-18(27)12-19(17)28)13-30-32-26(38)23-20(14-36-7-9-39-10-8-36)31-35-37(23)25-24(29)33-42-34-25/h3-6,11-13H,2,7-10,14-15H2,1H3,(H2,29,33)(H,32,38)/b30-13-. The quantitative estimate of drug-likeness (QED) is 0.188. The first kappa shape index (κ1) is 29.3. The van der Waals surface area contributed by atoms with E-state index < -0.39 is 5.91 Å². The van der Waals surface area contributed by atoms with E-state index in [9.17, 15) is 4.79 Å². The van der Waals surface area contributed by atoms with Crippen LogP contribution in [0.5, 0.6) is 11.5 Å². The number of nitrogens with one attached hydrogen (secondary N) is 1. The van der Waals surface area contributed by atoms with Crippen LogP contribution < -0.4 is 20.6 Å². The first-order chi connectivity index (χ1) is 20.4. The summed E-state index contributed by atoms with van der Waals surface area (Å²) < 4.78 is 23.0. The Labute approximate surface area is 250 Å². The molecule has 3 heterocycles. The number of carbonyl (C=O) groups excluding carboxylic acids is 1.